The second kappa shape index (κ2) is 5.47. The Hall–Kier alpha value is -1.13. The third kappa shape index (κ3) is 2.47. The molecule has 4 heteroatoms. The van der Waals surface area contributed by atoms with E-state index in [9.17, 15) is 0 Å². The summed E-state index contributed by atoms with van der Waals surface area (Å²) in [7, 11) is 0. The predicted octanol–water partition coefficient (Wildman–Crippen LogP) is 3.55. The van der Waals surface area contributed by atoms with Crippen LogP contribution in [-0.2, 0) is 0 Å². The highest BCUT2D eigenvalue weighted by molar-refractivity contribution is 9.10. The average Bonchev–Trinajstić information content (AvgIpc) is 2.82. The van der Waals surface area contributed by atoms with Crippen LogP contribution in [0.3, 0.4) is 0 Å². The van der Waals surface area contributed by atoms with Crippen LogP contribution in [0.2, 0.25) is 0 Å². The van der Waals surface area contributed by atoms with E-state index in [2.05, 4.69) is 56.2 Å². The second-order valence-electron chi connectivity index (χ2n) is 5.07. The normalized spacial score (nSPS) is 19.6. The van der Waals surface area contributed by atoms with Crippen molar-refractivity contribution in [3.05, 3.63) is 40.6 Å². The molecule has 1 saturated heterocycles. The highest BCUT2D eigenvalue weighted by atomic mass is 79.9. The minimum absolute atomic E-state index is 0.491. The number of halogens is 1. The smallest absolute Gasteiger partial charge is 0.0647 e. The van der Waals surface area contributed by atoms with Crippen LogP contribution in [0.1, 0.15) is 24.6 Å². The first kappa shape index (κ1) is 12.9. The molecule has 0 radical (unpaired) electrons. The highest BCUT2D eigenvalue weighted by Gasteiger charge is 2.19. The van der Waals surface area contributed by atoms with Gasteiger partial charge in [0.2, 0.25) is 0 Å². The quantitative estimate of drug-likeness (QED) is 0.917. The zero-order valence-electron chi connectivity index (χ0n) is 11.1. The maximum absolute atomic E-state index is 4.61. The van der Waals surface area contributed by atoms with E-state index in [1.54, 1.807) is 0 Å². The van der Waals surface area contributed by atoms with Crippen LogP contribution in [0.15, 0.2) is 34.9 Å². The summed E-state index contributed by atoms with van der Waals surface area (Å²) in [5.74, 6) is 0. The Bertz CT molecular complexity index is 571. The lowest BCUT2D eigenvalue weighted by atomic mass is 10.1. The Morgan fingerprint density at radius 1 is 1.32 bits per heavy atom. The molecule has 1 aromatic carbocycles. The summed E-state index contributed by atoms with van der Waals surface area (Å²) in [5, 5.41) is 8.06. The molecule has 0 spiro atoms. The first-order valence-electron chi connectivity index (χ1n) is 6.77. The maximum Gasteiger partial charge on any atom is 0.0647 e. The Morgan fingerprint density at radius 3 is 2.89 bits per heavy atom. The monoisotopic (exact) mass is 319 g/mol. The highest BCUT2D eigenvalue weighted by Crippen LogP contribution is 2.31. The fourth-order valence-corrected chi connectivity index (χ4v) is 3.28. The summed E-state index contributed by atoms with van der Waals surface area (Å²) in [6.07, 6.45) is 4.43. The summed E-state index contributed by atoms with van der Waals surface area (Å²) < 4.78 is 3.31. The van der Waals surface area contributed by atoms with Crippen LogP contribution >= 0.6 is 15.9 Å². The molecule has 2 aromatic rings. The first-order chi connectivity index (χ1) is 9.27. The van der Waals surface area contributed by atoms with E-state index in [-0.39, 0.29) is 0 Å². The second-order valence-corrected chi connectivity index (χ2v) is 5.92. The summed E-state index contributed by atoms with van der Waals surface area (Å²) in [6.45, 7) is 4.32. The van der Waals surface area contributed by atoms with E-state index >= 15 is 0 Å². The Balaban J connectivity index is 1.97. The van der Waals surface area contributed by atoms with E-state index in [1.165, 1.54) is 29.7 Å². The summed E-state index contributed by atoms with van der Waals surface area (Å²) >= 11 is 3.62. The zero-order valence-corrected chi connectivity index (χ0v) is 12.7. The van der Waals surface area contributed by atoms with Crippen molar-refractivity contribution < 1.29 is 0 Å². The molecule has 1 unspecified atom stereocenters. The molecule has 1 aromatic heterocycles. The fourth-order valence-electron chi connectivity index (χ4n) is 2.78. The van der Waals surface area contributed by atoms with Gasteiger partial charge >= 0.3 is 0 Å². The van der Waals surface area contributed by atoms with Gasteiger partial charge in [-0.3, -0.25) is 4.68 Å². The summed E-state index contributed by atoms with van der Waals surface area (Å²) in [6, 6.07) is 8.81. The molecule has 2 heterocycles. The molecule has 0 aliphatic carbocycles. The molecule has 1 aliphatic rings. The lowest BCUT2D eigenvalue weighted by Gasteiger charge is -2.24. The minimum atomic E-state index is 0.491. The van der Waals surface area contributed by atoms with Crippen LogP contribution in [0.5, 0.6) is 0 Å². The van der Waals surface area contributed by atoms with Gasteiger partial charge in [-0.25, -0.2) is 0 Å². The Morgan fingerprint density at radius 2 is 2.16 bits per heavy atom. The Labute approximate surface area is 122 Å². The minimum Gasteiger partial charge on any atom is -0.315 e. The number of nitrogens with zero attached hydrogens (tertiary/aromatic N) is 2. The van der Waals surface area contributed by atoms with Gasteiger partial charge in [0.05, 0.1) is 12.2 Å². The van der Waals surface area contributed by atoms with Crippen LogP contribution < -0.4 is 5.32 Å². The first-order valence-corrected chi connectivity index (χ1v) is 7.56. The zero-order chi connectivity index (χ0) is 13.2. The van der Waals surface area contributed by atoms with Crippen LogP contribution in [-0.4, -0.2) is 22.9 Å². The predicted molar refractivity (Wildman–Crippen MR) is 81.2 cm³/mol. The number of benzene rings is 1. The molecule has 1 N–H and O–H groups in total. The van der Waals surface area contributed by atoms with Crippen LogP contribution in [0, 0.1) is 6.92 Å². The SMILES string of the molecule is Cc1c(-c2ccccc2Br)cnn1C1CCCNC1. The average molecular weight is 320 g/mol. The number of hydrogen-bond donors (Lipinski definition) is 1. The number of nitrogens with one attached hydrogen (secondary N) is 1. The maximum atomic E-state index is 4.61. The van der Waals surface area contributed by atoms with Crippen molar-refractivity contribution in [3.63, 3.8) is 0 Å². The third-order valence-electron chi connectivity index (χ3n) is 3.83. The van der Waals surface area contributed by atoms with Crippen molar-refractivity contribution in [3.8, 4) is 11.1 Å². The molecule has 3 nitrogen and oxygen atoms in total. The number of rotatable bonds is 2. The molecule has 0 bridgehead atoms. The fraction of sp³-hybridized carbons (Fsp3) is 0.400. The van der Waals surface area contributed by atoms with Crippen LogP contribution in [0.25, 0.3) is 11.1 Å². The summed E-state index contributed by atoms with van der Waals surface area (Å²) in [4.78, 5) is 0. The van der Waals surface area contributed by atoms with Gasteiger partial charge in [-0.05, 0) is 37.9 Å². The third-order valence-corrected chi connectivity index (χ3v) is 4.52. The van der Waals surface area contributed by atoms with Crippen LogP contribution in [0.4, 0.5) is 0 Å². The van der Waals surface area contributed by atoms with Crippen molar-refractivity contribution in [2.45, 2.75) is 25.8 Å². The van der Waals surface area contributed by atoms with Gasteiger partial charge in [0, 0.05) is 22.3 Å². The van der Waals surface area contributed by atoms with Gasteiger partial charge in [0.25, 0.3) is 0 Å². The van der Waals surface area contributed by atoms with E-state index < -0.39 is 0 Å². The van der Waals surface area contributed by atoms with Gasteiger partial charge in [0.15, 0.2) is 0 Å². The van der Waals surface area contributed by atoms with Gasteiger partial charge < -0.3 is 5.32 Å². The van der Waals surface area contributed by atoms with Crippen molar-refractivity contribution in [2.75, 3.05) is 13.1 Å². The molecular weight excluding hydrogens is 302 g/mol. The molecule has 19 heavy (non-hydrogen) atoms. The lowest BCUT2D eigenvalue weighted by molar-refractivity contribution is 0.342. The van der Waals surface area contributed by atoms with E-state index in [1.807, 2.05) is 12.3 Å². The number of piperidine rings is 1. The molecule has 3 rings (SSSR count). The van der Waals surface area contributed by atoms with E-state index in [4.69, 9.17) is 0 Å². The molecule has 1 aliphatic heterocycles. The molecule has 100 valence electrons. The number of hydrogen-bond acceptors (Lipinski definition) is 2. The van der Waals surface area contributed by atoms with Crippen molar-refractivity contribution in [2.24, 2.45) is 0 Å². The largest absolute Gasteiger partial charge is 0.315 e. The standard InChI is InChI=1S/C15H18BrN3/c1-11-14(13-6-2-3-7-15(13)16)10-18-19(11)12-5-4-8-17-9-12/h2-3,6-7,10,12,17H,4-5,8-9H2,1H3. The Kier molecular flexibility index (Phi) is 3.71. The molecule has 0 saturated carbocycles. The van der Waals surface area contributed by atoms with Crippen molar-refractivity contribution >= 4 is 15.9 Å². The van der Waals surface area contributed by atoms with Gasteiger partial charge in [-0.15, -0.1) is 0 Å². The van der Waals surface area contributed by atoms with E-state index in [0.29, 0.717) is 6.04 Å². The number of aromatic nitrogens is 2. The lowest BCUT2D eigenvalue weighted by Crippen LogP contribution is -2.32. The van der Waals surface area contributed by atoms with Crippen molar-refractivity contribution in [1.82, 2.24) is 15.1 Å². The van der Waals surface area contributed by atoms with E-state index in [0.717, 1.165) is 17.6 Å². The van der Waals surface area contributed by atoms with Crippen molar-refractivity contribution in [1.29, 1.82) is 0 Å². The van der Waals surface area contributed by atoms with Gasteiger partial charge in [-0.1, -0.05) is 34.1 Å². The molecular formula is C15H18BrN3. The molecule has 0 amide bonds. The topological polar surface area (TPSA) is 29.9 Å². The molecule has 1 atom stereocenters. The summed E-state index contributed by atoms with van der Waals surface area (Å²) in [5.41, 5.74) is 3.69. The van der Waals surface area contributed by atoms with Gasteiger partial charge in [-0.2, -0.15) is 5.10 Å². The molecule has 1 fully saturated rings. The van der Waals surface area contributed by atoms with Gasteiger partial charge in [0.1, 0.15) is 0 Å².